The van der Waals surface area contributed by atoms with Crippen LogP contribution in [0.25, 0.3) is 27.5 Å². The van der Waals surface area contributed by atoms with Gasteiger partial charge in [-0.15, -0.1) is 0 Å². The standard InChI is InChI=1S/C19H17F3N6O/c1-9-15(11-3-4-28-12(5-11)6-14(27-28)23-8-29)13-7-24-26-17(13)18(16(9)20)25-10(2)19(21)22/h3-8,10,19,25H,1-2H3,(H,24,26)(H,23,27,29). The molecule has 7 nitrogen and oxygen atoms in total. The van der Waals surface area contributed by atoms with Crippen LogP contribution >= 0.6 is 0 Å². The summed E-state index contributed by atoms with van der Waals surface area (Å²) in [6.45, 7) is 2.88. The van der Waals surface area contributed by atoms with Gasteiger partial charge in [-0.1, -0.05) is 0 Å². The number of carbonyl (C=O) groups is 1. The number of nitrogens with zero attached hydrogens (tertiary/aromatic N) is 3. The average Bonchev–Trinajstić information content (AvgIpc) is 3.31. The van der Waals surface area contributed by atoms with Crippen molar-refractivity contribution in [1.82, 2.24) is 19.8 Å². The predicted octanol–water partition coefficient (Wildman–Crippen LogP) is 3.96. The lowest BCUT2D eigenvalue weighted by molar-refractivity contribution is -0.105. The Morgan fingerprint density at radius 2 is 2.10 bits per heavy atom. The van der Waals surface area contributed by atoms with Gasteiger partial charge in [0.1, 0.15) is 0 Å². The van der Waals surface area contributed by atoms with Gasteiger partial charge in [0.25, 0.3) is 6.43 Å². The van der Waals surface area contributed by atoms with Crippen molar-refractivity contribution in [1.29, 1.82) is 0 Å². The first kappa shape index (κ1) is 18.8. The Bertz CT molecular complexity index is 1220. The Hall–Kier alpha value is -3.56. The molecule has 0 saturated heterocycles. The monoisotopic (exact) mass is 402 g/mol. The number of fused-ring (bicyclic) bond motifs is 2. The van der Waals surface area contributed by atoms with Crippen molar-refractivity contribution in [2.45, 2.75) is 26.3 Å². The van der Waals surface area contributed by atoms with E-state index in [1.54, 1.807) is 35.8 Å². The molecule has 1 aromatic carbocycles. The molecule has 0 bridgehead atoms. The molecule has 0 spiro atoms. The molecular formula is C19H17F3N6O. The number of carbonyl (C=O) groups excluding carboxylic acids is 1. The van der Waals surface area contributed by atoms with Crippen LogP contribution in [0.15, 0.2) is 30.6 Å². The zero-order valence-electron chi connectivity index (χ0n) is 15.5. The van der Waals surface area contributed by atoms with Gasteiger partial charge in [0.15, 0.2) is 11.6 Å². The summed E-state index contributed by atoms with van der Waals surface area (Å²) in [5.74, 6) is -0.241. The fraction of sp³-hybridized carbons (Fsp3) is 0.211. The Morgan fingerprint density at radius 1 is 1.31 bits per heavy atom. The summed E-state index contributed by atoms with van der Waals surface area (Å²) in [4.78, 5) is 10.6. The molecular weight excluding hydrogens is 385 g/mol. The Morgan fingerprint density at radius 3 is 2.83 bits per heavy atom. The van der Waals surface area contributed by atoms with Gasteiger partial charge in [0.2, 0.25) is 6.41 Å². The number of alkyl halides is 2. The van der Waals surface area contributed by atoms with Gasteiger partial charge in [-0.25, -0.2) is 17.7 Å². The van der Waals surface area contributed by atoms with Crippen LogP contribution in [-0.2, 0) is 4.79 Å². The highest BCUT2D eigenvalue weighted by Crippen LogP contribution is 2.38. The van der Waals surface area contributed by atoms with Crippen LogP contribution in [0.4, 0.5) is 24.7 Å². The molecule has 29 heavy (non-hydrogen) atoms. The first-order chi connectivity index (χ1) is 13.9. The van der Waals surface area contributed by atoms with Crippen molar-refractivity contribution in [3.05, 3.63) is 42.0 Å². The average molecular weight is 402 g/mol. The zero-order chi connectivity index (χ0) is 20.7. The van der Waals surface area contributed by atoms with Gasteiger partial charge in [-0.3, -0.25) is 9.89 Å². The molecule has 3 heterocycles. The third-order valence-corrected chi connectivity index (χ3v) is 4.79. The maximum absolute atomic E-state index is 15.2. The fourth-order valence-corrected chi connectivity index (χ4v) is 3.35. The quantitative estimate of drug-likeness (QED) is 0.426. The van der Waals surface area contributed by atoms with Gasteiger partial charge in [0, 0.05) is 17.6 Å². The van der Waals surface area contributed by atoms with E-state index in [0.29, 0.717) is 45.3 Å². The lowest BCUT2D eigenvalue weighted by Crippen LogP contribution is -2.24. The first-order valence-corrected chi connectivity index (χ1v) is 8.80. The molecule has 0 aliphatic heterocycles. The van der Waals surface area contributed by atoms with Gasteiger partial charge >= 0.3 is 0 Å². The lowest BCUT2D eigenvalue weighted by Gasteiger charge is -2.19. The van der Waals surface area contributed by atoms with Crippen molar-refractivity contribution < 1.29 is 18.0 Å². The van der Waals surface area contributed by atoms with Crippen molar-refractivity contribution in [3.8, 4) is 11.1 Å². The molecule has 1 amide bonds. The van der Waals surface area contributed by atoms with Crippen LogP contribution < -0.4 is 10.6 Å². The molecule has 3 aromatic heterocycles. The van der Waals surface area contributed by atoms with E-state index in [2.05, 4.69) is 25.9 Å². The Labute approximate surface area is 162 Å². The molecule has 1 atom stereocenters. The van der Waals surface area contributed by atoms with Crippen LogP contribution in [-0.4, -0.2) is 38.7 Å². The summed E-state index contributed by atoms with van der Waals surface area (Å²) in [5, 5.41) is 16.5. The summed E-state index contributed by atoms with van der Waals surface area (Å²) in [5.41, 5.74) is 2.57. The number of nitrogens with one attached hydrogen (secondary N) is 3. The summed E-state index contributed by atoms with van der Waals surface area (Å²) in [7, 11) is 0. The third kappa shape index (κ3) is 3.16. The third-order valence-electron chi connectivity index (χ3n) is 4.79. The second-order valence-electron chi connectivity index (χ2n) is 6.69. The van der Waals surface area contributed by atoms with Crippen molar-refractivity contribution in [3.63, 3.8) is 0 Å². The largest absolute Gasteiger partial charge is 0.373 e. The minimum Gasteiger partial charge on any atom is -0.373 e. The number of rotatable bonds is 6. The molecule has 0 fully saturated rings. The molecule has 10 heteroatoms. The number of hydrogen-bond donors (Lipinski definition) is 3. The van der Waals surface area contributed by atoms with Crippen LogP contribution in [0.1, 0.15) is 12.5 Å². The first-order valence-electron chi connectivity index (χ1n) is 8.80. The number of benzene rings is 1. The number of amides is 1. The van der Waals surface area contributed by atoms with Gasteiger partial charge < -0.3 is 10.6 Å². The molecule has 4 aromatic rings. The smallest absolute Gasteiger partial charge is 0.258 e. The number of H-pyrrole nitrogens is 1. The Balaban J connectivity index is 1.88. The van der Waals surface area contributed by atoms with Gasteiger partial charge in [-0.2, -0.15) is 10.2 Å². The molecule has 4 rings (SSSR count). The van der Waals surface area contributed by atoms with E-state index in [0.717, 1.165) is 0 Å². The van der Waals surface area contributed by atoms with E-state index >= 15 is 4.39 Å². The summed E-state index contributed by atoms with van der Waals surface area (Å²) in [6, 6.07) is 4.00. The fourth-order valence-electron chi connectivity index (χ4n) is 3.35. The molecule has 0 saturated carbocycles. The maximum atomic E-state index is 15.2. The number of aromatic amines is 1. The zero-order valence-corrected chi connectivity index (χ0v) is 15.5. The van der Waals surface area contributed by atoms with Gasteiger partial charge in [-0.05, 0) is 42.7 Å². The highest BCUT2D eigenvalue weighted by molar-refractivity contribution is 6.03. The van der Waals surface area contributed by atoms with Gasteiger partial charge in [0.05, 0.1) is 29.0 Å². The SMILES string of the molecule is Cc1c(F)c(NC(C)C(F)F)c2[nH]ncc2c1-c1ccn2nc(NC=O)cc2c1. The van der Waals surface area contributed by atoms with Crippen LogP contribution in [0.2, 0.25) is 0 Å². The number of aromatic nitrogens is 4. The molecule has 0 aliphatic rings. The Kier molecular flexibility index (Phi) is 4.61. The number of halogens is 3. The molecule has 0 radical (unpaired) electrons. The van der Waals surface area contributed by atoms with E-state index in [-0.39, 0.29) is 5.69 Å². The highest BCUT2D eigenvalue weighted by atomic mass is 19.3. The van der Waals surface area contributed by atoms with Crippen LogP contribution in [0, 0.1) is 12.7 Å². The summed E-state index contributed by atoms with van der Waals surface area (Å²) >= 11 is 0. The normalized spacial score (nSPS) is 12.6. The van der Waals surface area contributed by atoms with Crippen molar-refractivity contribution in [2.75, 3.05) is 10.6 Å². The molecule has 3 N–H and O–H groups in total. The number of pyridine rings is 1. The van der Waals surface area contributed by atoms with Crippen molar-refractivity contribution >= 4 is 34.3 Å². The van der Waals surface area contributed by atoms with Crippen LogP contribution in [0.5, 0.6) is 0 Å². The predicted molar refractivity (Wildman–Crippen MR) is 104 cm³/mol. The second-order valence-corrected chi connectivity index (χ2v) is 6.69. The molecule has 0 aliphatic carbocycles. The summed E-state index contributed by atoms with van der Waals surface area (Å²) < 4.78 is 42.7. The van der Waals surface area contributed by atoms with E-state index in [4.69, 9.17) is 0 Å². The highest BCUT2D eigenvalue weighted by Gasteiger charge is 2.23. The van der Waals surface area contributed by atoms with E-state index in [1.165, 1.54) is 13.1 Å². The van der Waals surface area contributed by atoms with E-state index < -0.39 is 18.3 Å². The molecule has 1 unspecified atom stereocenters. The second kappa shape index (κ2) is 7.12. The summed E-state index contributed by atoms with van der Waals surface area (Å²) in [6.07, 6.45) is 1.11. The lowest BCUT2D eigenvalue weighted by atomic mass is 9.95. The minimum atomic E-state index is -2.65. The number of anilines is 2. The maximum Gasteiger partial charge on any atom is 0.258 e. The van der Waals surface area contributed by atoms with Crippen LogP contribution in [0.3, 0.4) is 0 Å². The van der Waals surface area contributed by atoms with E-state index in [9.17, 15) is 13.6 Å². The van der Waals surface area contributed by atoms with Crippen molar-refractivity contribution in [2.24, 2.45) is 0 Å². The number of hydrogen-bond acceptors (Lipinski definition) is 4. The minimum absolute atomic E-state index is 0.0329. The topological polar surface area (TPSA) is 87.1 Å². The van der Waals surface area contributed by atoms with E-state index in [1.807, 2.05) is 0 Å². The molecule has 150 valence electrons.